The average molecular weight is 287 g/mol. The zero-order chi connectivity index (χ0) is 15.1. The number of rotatable bonds is 7. The van der Waals surface area contributed by atoms with Gasteiger partial charge in [0.2, 0.25) is 0 Å². The molecule has 1 aromatic carbocycles. The van der Waals surface area contributed by atoms with E-state index in [1.807, 2.05) is 41.2 Å². The minimum absolute atomic E-state index is 0.131. The predicted molar refractivity (Wildman–Crippen MR) is 85.4 cm³/mol. The number of nitrogens with zero attached hydrogens (tertiary/aromatic N) is 2. The van der Waals surface area contributed by atoms with Crippen molar-refractivity contribution >= 4 is 0 Å². The van der Waals surface area contributed by atoms with E-state index in [9.17, 15) is 0 Å². The highest BCUT2D eigenvalue weighted by atomic mass is 16.5. The molecule has 0 amide bonds. The Morgan fingerprint density at radius 3 is 2.67 bits per heavy atom. The first-order valence-corrected chi connectivity index (χ1v) is 7.47. The van der Waals surface area contributed by atoms with E-state index in [1.54, 1.807) is 0 Å². The second-order valence-electron chi connectivity index (χ2n) is 6.23. The monoisotopic (exact) mass is 287 g/mol. The molecule has 2 aromatic rings. The fourth-order valence-electron chi connectivity index (χ4n) is 1.92. The summed E-state index contributed by atoms with van der Waals surface area (Å²) in [5.41, 5.74) is 1.35. The maximum absolute atomic E-state index is 5.67. The molecular weight excluding hydrogens is 262 g/mol. The molecular formula is C17H25N3O. The summed E-state index contributed by atoms with van der Waals surface area (Å²) in [4.78, 5) is 0. The molecule has 0 aliphatic heterocycles. The Labute approximate surface area is 127 Å². The van der Waals surface area contributed by atoms with E-state index in [1.165, 1.54) is 5.56 Å². The SMILES string of the molecule is CC(C)(C)NCc1cnn(CCCOc2ccccc2)c1. The van der Waals surface area contributed by atoms with Gasteiger partial charge in [-0.2, -0.15) is 5.10 Å². The molecule has 1 N–H and O–H groups in total. The van der Waals surface area contributed by atoms with Gasteiger partial charge < -0.3 is 10.1 Å². The van der Waals surface area contributed by atoms with Crippen LogP contribution in [0, 0.1) is 0 Å². The number of benzene rings is 1. The van der Waals surface area contributed by atoms with Gasteiger partial charge >= 0.3 is 0 Å². The fourth-order valence-corrected chi connectivity index (χ4v) is 1.92. The molecule has 21 heavy (non-hydrogen) atoms. The van der Waals surface area contributed by atoms with Gasteiger partial charge in [-0.05, 0) is 32.9 Å². The zero-order valence-corrected chi connectivity index (χ0v) is 13.2. The molecule has 0 atom stereocenters. The van der Waals surface area contributed by atoms with Gasteiger partial charge in [-0.3, -0.25) is 4.68 Å². The Hall–Kier alpha value is -1.81. The summed E-state index contributed by atoms with van der Waals surface area (Å²) < 4.78 is 7.65. The third kappa shape index (κ3) is 6.00. The first kappa shape index (κ1) is 15.6. The molecule has 1 heterocycles. The van der Waals surface area contributed by atoms with Crippen molar-refractivity contribution in [3.63, 3.8) is 0 Å². The largest absolute Gasteiger partial charge is 0.494 e. The van der Waals surface area contributed by atoms with Gasteiger partial charge in [0.15, 0.2) is 0 Å². The molecule has 1 aromatic heterocycles. The van der Waals surface area contributed by atoms with Crippen LogP contribution in [0.4, 0.5) is 0 Å². The predicted octanol–water partition coefficient (Wildman–Crippen LogP) is 3.24. The van der Waals surface area contributed by atoms with Crippen LogP contribution in [0.15, 0.2) is 42.7 Å². The molecule has 0 aliphatic carbocycles. The lowest BCUT2D eigenvalue weighted by atomic mass is 10.1. The molecule has 4 nitrogen and oxygen atoms in total. The summed E-state index contributed by atoms with van der Waals surface area (Å²) in [5, 5.41) is 7.84. The molecule has 0 saturated heterocycles. The van der Waals surface area contributed by atoms with Gasteiger partial charge in [-0.15, -0.1) is 0 Å². The quantitative estimate of drug-likeness (QED) is 0.795. The molecule has 0 bridgehead atoms. The summed E-state index contributed by atoms with van der Waals surface area (Å²) in [6.45, 7) is 8.93. The average Bonchev–Trinajstić information content (AvgIpc) is 2.90. The number of hydrogen-bond acceptors (Lipinski definition) is 3. The van der Waals surface area contributed by atoms with Crippen molar-refractivity contribution in [2.24, 2.45) is 0 Å². The van der Waals surface area contributed by atoms with Crippen LogP contribution in [0.3, 0.4) is 0 Å². The van der Waals surface area contributed by atoms with Crippen LogP contribution in [0.25, 0.3) is 0 Å². The van der Waals surface area contributed by atoms with Crippen LogP contribution in [0.2, 0.25) is 0 Å². The van der Waals surface area contributed by atoms with Crippen molar-refractivity contribution in [3.05, 3.63) is 48.3 Å². The standard InChI is InChI=1S/C17H25N3O/c1-17(2,3)18-12-15-13-19-20(14-15)10-7-11-21-16-8-5-4-6-9-16/h4-6,8-9,13-14,18H,7,10-12H2,1-3H3. The maximum Gasteiger partial charge on any atom is 0.119 e. The van der Waals surface area contributed by atoms with Crippen LogP contribution in [-0.2, 0) is 13.1 Å². The second kappa shape index (κ2) is 7.27. The highest BCUT2D eigenvalue weighted by Crippen LogP contribution is 2.09. The lowest BCUT2D eigenvalue weighted by Crippen LogP contribution is -2.34. The molecule has 0 fully saturated rings. The molecule has 2 rings (SSSR count). The highest BCUT2D eigenvalue weighted by molar-refractivity contribution is 5.20. The lowest BCUT2D eigenvalue weighted by Gasteiger charge is -2.19. The first-order chi connectivity index (χ1) is 10.0. The number of aryl methyl sites for hydroxylation is 1. The van der Waals surface area contributed by atoms with Crippen molar-refractivity contribution in [2.75, 3.05) is 6.61 Å². The fraction of sp³-hybridized carbons (Fsp3) is 0.471. The Kier molecular flexibility index (Phi) is 5.39. The Bertz CT molecular complexity index is 528. The number of nitrogens with one attached hydrogen (secondary N) is 1. The lowest BCUT2D eigenvalue weighted by molar-refractivity contribution is 0.298. The summed E-state index contributed by atoms with van der Waals surface area (Å²) in [6.07, 6.45) is 4.97. The Morgan fingerprint density at radius 1 is 1.19 bits per heavy atom. The highest BCUT2D eigenvalue weighted by Gasteiger charge is 2.09. The van der Waals surface area contributed by atoms with E-state index in [-0.39, 0.29) is 5.54 Å². The number of ether oxygens (including phenoxy) is 1. The molecule has 0 unspecified atom stereocenters. The number of aromatic nitrogens is 2. The topological polar surface area (TPSA) is 39.1 Å². The van der Waals surface area contributed by atoms with E-state index >= 15 is 0 Å². The molecule has 0 aliphatic rings. The van der Waals surface area contributed by atoms with Crippen LogP contribution in [-0.4, -0.2) is 21.9 Å². The van der Waals surface area contributed by atoms with Gasteiger partial charge in [-0.1, -0.05) is 18.2 Å². The van der Waals surface area contributed by atoms with E-state index in [0.717, 1.165) is 25.3 Å². The Morgan fingerprint density at radius 2 is 1.95 bits per heavy atom. The molecule has 4 heteroatoms. The molecule has 114 valence electrons. The molecule has 0 spiro atoms. The smallest absolute Gasteiger partial charge is 0.119 e. The van der Waals surface area contributed by atoms with Crippen molar-refractivity contribution in [2.45, 2.75) is 45.8 Å². The molecule has 0 saturated carbocycles. The molecule has 0 radical (unpaired) electrons. The Balaban J connectivity index is 1.68. The summed E-state index contributed by atoms with van der Waals surface area (Å²) >= 11 is 0. The minimum Gasteiger partial charge on any atom is -0.494 e. The third-order valence-electron chi connectivity index (χ3n) is 3.05. The van der Waals surface area contributed by atoms with E-state index in [0.29, 0.717) is 6.61 Å². The van der Waals surface area contributed by atoms with Crippen molar-refractivity contribution in [1.29, 1.82) is 0 Å². The van der Waals surface area contributed by atoms with Crippen molar-refractivity contribution in [1.82, 2.24) is 15.1 Å². The van der Waals surface area contributed by atoms with E-state index in [4.69, 9.17) is 4.74 Å². The third-order valence-corrected chi connectivity index (χ3v) is 3.05. The van der Waals surface area contributed by atoms with Gasteiger partial charge in [0.25, 0.3) is 0 Å². The second-order valence-corrected chi connectivity index (χ2v) is 6.23. The normalized spacial score (nSPS) is 11.6. The van der Waals surface area contributed by atoms with E-state index in [2.05, 4.69) is 37.4 Å². The van der Waals surface area contributed by atoms with Crippen LogP contribution >= 0.6 is 0 Å². The number of para-hydroxylation sites is 1. The first-order valence-electron chi connectivity index (χ1n) is 7.47. The summed E-state index contributed by atoms with van der Waals surface area (Å²) in [7, 11) is 0. The van der Waals surface area contributed by atoms with Gasteiger partial charge in [-0.25, -0.2) is 0 Å². The zero-order valence-electron chi connectivity index (χ0n) is 13.2. The summed E-state index contributed by atoms with van der Waals surface area (Å²) in [5.74, 6) is 0.924. The van der Waals surface area contributed by atoms with Gasteiger partial charge in [0.05, 0.1) is 12.8 Å². The summed E-state index contributed by atoms with van der Waals surface area (Å²) in [6, 6.07) is 9.91. The van der Waals surface area contributed by atoms with Crippen molar-refractivity contribution in [3.8, 4) is 5.75 Å². The number of hydrogen-bond donors (Lipinski definition) is 1. The van der Waals surface area contributed by atoms with Gasteiger partial charge in [0, 0.05) is 36.8 Å². The maximum atomic E-state index is 5.67. The van der Waals surface area contributed by atoms with Crippen LogP contribution in [0.5, 0.6) is 5.75 Å². The van der Waals surface area contributed by atoms with Crippen LogP contribution in [0.1, 0.15) is 32.8 Å². The van der Waals surface area contributed by atoms with E-state index < -0.39 is 0 Å². The van der Waals surface area contributed by atoms with Gasteiger partial charge in [0.1, 0.15) is 5.75 Å². The minimum atomic E-state index is 0.131. The van der Waals surface area contributed by atoms with Crippen LogP contribution < -0.4 is 10.1 Å². The van der Waals surface area contributed by atoms with Crippen molar-refractivity contribution < 1.29 is 4.74 Å².